The van der Waals surface area contributed by atoms with Crippen LogP contribution in [0.1, 0.15) is 19.0 Å². The van der Waals surface area contributed by atoms with Crippen LogP contribution in [0.25, 0.3) is 5.69 Å². The van der Waals surface area contributed by atoms with E-state index in [1.165, 1.54) is 17.9 Å². The molecule has 0 aliphatic carbocycles. The number of hydrogen-bond acceptors (Lipinski definition) is 6. The molecule has 21 heavy (non-hydrogen) atoms. The van der Waals surface area contributed by atoms with Gasteiger partial charge in [-0.1, -0.05) is 12.1 Å². The highest BCUT2D eigenvalue weighted by Crippen LogP contribution is 2.28. The van der Waals surface area contributed by atoms with Gasteiger partial charge in [-0.05, 0) is 25.1 Å². The summed E-state index contributed by atoms with van der Waals surface area (Å²) in [7, 11) is 1.40. The number of ether oxygens (including phenoxy) is 1. The summed E-state index contributed by atoms with van der Waals surface area (Å²) in [6.07, 6.45) is 2.78. The standard InChI is InChI=1S/C13H17N5O3/c1-3-6-14-8-10-9-17(16-15-10)11-4-5-13(21-2)12(7-11)18(19)20/h4-5,7,9,14H,3,6,8H2,1-2H3. The lowest BCUT2D eigenvalue weighted by atomic mass is 10.2. The SMILES string of the molecule is CCCNCc1cn(-c2ccc(OC)c([N+](=O)[O-])c2)nn1. The monoisotopic (exact) mass is 291 g/mol. The molecule has 0 radical (unpaired) electrons. The second kappa shape index (κ2) is 6.80. The molecule has 0 fully saturated rings. The van der Waals surface area contributed by atoms with Gasteiger partial charge in [0.2, 0.25) is 0 Å². The van der Waals surface area contributed by atoms with Crippen molar-refractivity contribution >= 4 is 5.69 Å². The minimum atomic E-state index is -0.483. The van der Waals surface area contributed by atoms with Crippen LogP contribution in [0.2, 0.25) is 0 Å². The van der Waals surface area contributed by atoms with Gasteiger partial charge in [0, 0.05) is 12.6 Å². The molecule has 112 valence electrons. The van der Waals surface area contributed by atoms with E-state index in [4.69, 9.17) is 4.74 Å². The maximum Gasteiger partial charge on any atom is 0.313 e. The van der Waals surface area contributed by atoms with Gasteiger partial charge in [-0.25, -0.2) is 4.68 Å². The molecule has 0 unspecified atom stereocenters. The summed E-state index contributed by atoms with van der Waals surface area (Å²) in [5, 5.41) is 22.2. The van der Waals surface area contributed by atoms with E-state index in [-0.39, 0.29) is 11.4 Å². The zero-order valence-corrected chi connectivity index (χ0v) is 11.9. The van der Waals surface area contributed by atoms with Gasteiger partial charge < -0.3 is 10.1 Å². The van der Waals surface area contributed by atoms with E-state index in [1.54, 1.807) is 18.3 Å². The van der Waals surface area contributed by atoms with Gasteiger partial charge >= 0.3 is 5.69 Å². The normalized spacial score (nSPS) is 10.6. The molecule has 1 N–H and O–H groups in total. The van der Waals surface area contributed by atoms with Crippen molar-refractivity contribution in [1.82, 2.24) is 20.3 Å². The van der Waals surface area contributed by atoms with Gasteiger partial charge in [0.05, 0.1) is 29.6 Å². The summed E-state index contributed by atoms with van der Waals surface area (Å²) in [5.41, 5.74) is 1.25. The Labute approximate surface area is 121 Å². The number of rotatable bonds is 7. The molecule has 0 amide bonds. The molecule has 0 aliphatic rings. The topological polar surface area (TPSA) is 95.1 Å². The third-order valence-electron chi connectivity index (χ3n) is 2.90. The van der Waals surface area contributed by atoms with Crippen LogP contribution in [0.4, 0.5) is 5.69 Å². The first kappa shape index (κ1) is 14.9. The lowest BCUT2D eigenvalue weighted by Gasteiger charge is -2.04. The van der Waals surface area contributed by atoms with E-state index in [1.807, 2.05) is 0 Å². The predicted octanol–water partition coefficient (Wildman–Crippen LogP) is 1.68. The predicted molar refractivity (Wildman–Crippen MR) is 76.6 cm³/mol. The molecule has 2 aromatic rings. The van der Waals surface area contributed by atoms with Crippen molar-refractivity contribution in [2.24, 2.45) is 0 Å². The fourth-order valence-electron chi connectivity index (χ4n) is 1.86. The second-order valence-electron chi connectivity index (χ2n) is 4.44. The maximum atomic E-state index is 11.0. The van der Waals surface area contributed by atoms with E-state index in [0.29, 0.717) is 12.2 Å². The molecule has 0 bridgehead atoms. The zero-order valence-electron chi connectivity index (χ0n) is 11.9. The summed E-state index contributed by atoms with van der Waals surface area (Å²) in [6.45, 7) is 3.60. The molecule has 0 spiro atoms. The summed E-state index contributed by atoms with van der Waals surface area (Å²) in [4.78, 5) is 10.5. The average Bonchev–Trinajstić information content (AvgIpc) is 2.95. The van der Waals surface area contributed by atoms with Crippen molar-refractivity contribution in [2.45, 2.75) is 19.9 Å². The number of aromatic nitrogens is 3. The molecule has 0 saturated carbocycles. The second-order valence-corrected chi connectivity index (χ2v) is 4.44. The molecular weight excluding hydrogens is 274 g/mol. The summed E-state index contributed by atoms with van der Waals surface area (Å²) in [6, 6.07) is 4.66. The van der Waals surface area contributed by atoms with E-state index < -0.39 is 4.92 Å². The average molecular weight is 291 g/mol. The lowest BCUT2D eigenvalue weighted by Crippen LogP contribution is -2.13. The number of benzene rings is 1. The largest absolute Gasteiger partial charge is 0.490 e. The summed E-state index contributed by atoms with van der Waals surface area (Å²) in [5.74, 6) is 0.216. The van der Waals surface area contributed by atoms with Crippen LogP contribution in [-0.2, 0) is 6.54 Å². The van der Waals surface area contributed by atoms with Crippen LogP contribution in [0.3, 0.4) is 0 Å². The Kier molecular flexibility index (Phi) is 4.83. The number of methoxy groups -OCH3 is 1. The summed E-state index contributed by atoms with van der Waals surface area (Å²) >= 11 is 0. The zero-order chi connectivity index (χ0) is 15.2. The Balaban J connectivity index is 2.22. The van der Waals surface area contributed by atoms with E-state index in [2.05, 4.69) is 22.6 Å². The van der Waals surface area contributed by atoms with Crippen LogP contribution in [-0.4, -0.2) is 33.6 Å². The first-order valence-corrected chi connectivity index (χ1v) is 6.60. The third kappa shape index (κ3) is 3.54. The van der Waals surface area contributed by atoms with Gasteiger partial charge in [0.15, 0.2) is 5.75 Å². The number of nitrogens with one attached hydrogen (secondary N) is 1. The van der Waals surface area contributed by atoms with Crippen molar-refractivity contribution < 1.29 is 9.66 Å². The van der Waals surface area contributed by atoms with E-state index in [0.717, 1.165) is 18.7 Å². The van der Waals surface area contributed by atoms with Gasteiger partial charge in [-0.15, -0.1) is 5.10 Å². The van der Waals surface area contributed by atoms with Crippen LogP contribution in [0, 0.1) is 10.1 Å². The van der Waals surface area contributed by atoms with Gasteiger partial charge in [0.25, 0.3) is 0 Å². The van der Waals surface area contributed by atoms with Gasteiger partial charge in [-0.3, -0.25) is 10.1 Å². The lowest BCUT2D eigenvalue weighted by molar-refractivity contribution is -0.385. The molecule has 1 aromatic carbocycles. The first-order valence-electron chi connectivity index (χ1n) is 6.60. The molecule has 1 heterocycles. The number of hydrogen-bond donors (Lipinski definition) is 1. The van der Waals surface area contributed by atoms with Crippen molar-refractivity contribution in [2.75, 3.05) is 13.7 Å². The highest BCUT2D eigenvalue weighted by molar-refractivity contribution is 5.53. The highest BCUT2D eigenvalue weighted by atomic mass is 16.6. The molecule has 2 rings (SSSR count). The van der Waals surface area contributed by atoms with Crippen molar-refractivity contribution in [3.05, 3.63) is 40.2 Å². The minimum Gasteiger partial charge on any atom is -0.490 e. The van der Waals surface area contributed by atoms with Crippen LogP contribution in [0.15, 0.2) is 24.4 Å². The van der Waals surface area contributed by atoms with Gasteiger partial charge in [-0.2, -0.15) is 0 Å². The molecule has 0 atom stereocenters. The van der Waals surface area contributed by atoms with Crippen LogP contribution >= 0.6 is 0 Å². The van der Waals surface area contributed by atoms with Crippen molar-refractivity contribution in [3.63, 3.8) is 0 Å². The Morgan fingerprint density at radius 1 is 1.48 bits per heavy atom. The third-order valence-corrected chi connectivity index (χ3v) is 2.90. The quantitative estimate of drug-likeness (QED) is 0.474. The molecule has 0 aliphatic heterocycles. The molecular formula is C13H17N5O3. The first-order chi connectivity index (χ1) is 10.2. The van der Waals surface area contributed by atoms with E-state index >= 15 is 0 Å². The smallest absolute Gasteiger partial charge is 0.313 e. The molecule has 0 saturated heterocycles. The fourth-order valence-corrected chi connectivity index (χ4v) is 1.86. The Morgan fingerprint density at radius 3 is 2.95 bits per heavy atom. The van der Waals surface area contributed by atoms with Crippen molar-refractivity contribution in [3.8, 4) is 11.4 Å². The van der Waals surface area contributed by atoms with Gasteiger partial charge in [0.1, 0.15) is 0 Å². The van der Waals surface area contributed by atoms with Crippen molar-refractivity contribution in [1.29, 1.82) is 0 Å². The number of nitro benzene ring substituents is 1. The Bertz CT molecular complexity index is 626. The highest BCUT2D eigenvalue weighted by Gasteiger charge is 2.16. The number of nitrogens with zero attached hydrogens (tertiary/aromatic N) is 4. The summed E-state index contributed by atoms with van der Waals surface area (Å²) < 4.78 is 6.48. The molecule has 8 nitrogen and oxygen atoms in total. The minimum absolute atomic E-state index is 0.101. The van der Waals surface area contributed by atoms with Crippen LogP contribution < -0.4 is 10.1 Å². The number of nitro groups is 1. The molecule has 8 heteroatoms. The Morgan fingerprint density at radius 2 is 2.29 bits per heavy atom. The molecule has 1 aromatic heterocycles. The maximum absolute atomic E-state index is 11.0. The van der Waals surface area contributed by atoms with E-state index in [9.17, 15) is 10.1 Å². The Hall–Kier alpha value is -2.48. The van der Waals surface area contributed by atoms with Crippen LogP contribution in [0.5, 0.6) is 5.75 Å². The fraction of sp³-hybridized carbons (Fsp3) is 0.385.